The number of pyridine rings is 1. The molecule has 0 aliphatic heterocycles. The second-order valence-corrected chi connectivity index (χ2v) is 5.29. The monoisotopic (exact) mass is 357 g/mol. The normalized spacial score (nSPS) is 11.1. The Morgan fingerprint density at radius 3 is 2.73 bits per heavy atom. The largest absolute Gasteiger partial charge is 0.483 e. The Morgan fingerprint density at radius 2 is 2.08 bits per heavy atom. The lowest BCUT2D eigenvalue weighted by Gasteiger charge is -2.12. The van der Waals surface area contributed by atoms with E-state index in [1.807, 2.05) is 29.8 Å². The number of rotatable bonds is 6. The molecule has 3 rings (SSSR count). The van der Waals surface area contributed by atoms with Gasteiger partial charge >= 0.3 is 0 Å². The van der Waals surface area contributed by atoms with Gasteiger partial charge in [0.05, 0.1) is 12.9 Å². The molecule has 0 saturated heterocycles. The van der Waals surface area contributed by atoms with Crippen molar-refractivity contribution in [3.8, 4) is 11.4 Å². The molecule has 3 aromatic rings. The molecule has 3 N–H and O–H groups in total. The molecule has 0 radical (unpaired) electrons. The van der Waals surface area contributed by atoms with Gasteiger partial charge < -0.3 is 15.0 Å². The molecular weight excluding hydrogens is 338 g/mol. The number of carbonyl (C=O) groups is 2. The summed E-state index contributed by atoms with van der Waals surface area (Å²) in [7, 11) is 0. The van der Waals surface area contributed by atoms with Crippen molar-refractivity contribution in [1.29, 1.82) is 0 Å². The number of aromatic nitrogens is 6. The average molecular weight is 357 g/mol. The van der Waals surface area contributed by atoms with Crippen molar-refractivity contribution in [2.75, 3.05) is 0 Å². The highest BCUT2D eigenvalue weighted by atomic mass is 16.3. The van der Waals surface area contributed by atoms with Crippen LogP contribution in [0.3, 0.4) is 0 Å². The third-order valence-electron chi connectivity index (χ3n) is 3.44. The van der Waals surface area contributed by atoms with E-state index in [2.05, 4.69) is 30.5 Å². The standard InChI is InChI=1S/C15H17N7O.CH2O2/c1-11(22-7-6-17-10-22)8-14(23)18-9-13-19-15(21-20-13)12-2-4-16-5-3-12;2-1-3/h2-7,10-11H,8-9H2,1H3,(H,18,23)(H,19,20,21);1H,(H,2,3). The zero-order valence-electron chi connectivity index (χ0n) is 14.1. The van der Waals surface area contributed by atoms with Crippen molar-refractivity contribution >= 4 is 12.4 Å². The number of nitrogens with zero attached hydrogens (tertiary/aromatic N) is 5. The third kappa shape index (κ3) is 5.51. The van der Waals surface area contributed by atoms with Crippen LogP contribution in [0.1, 0.15) is 25.2 Å². The van der Waals surface area contributed by atoms with Gasteiger partial charge in [0.25, 0.3) is 6.47 Å². The molecule has 0 fully saturated rings. The Balaban J connectivity index is 0.000000758. The van der Waals surface area contributed by atoms with E-state index in [0.717, 1.165) is 5.56 Å². The Labute approximate surface area is 149 Å². The van der Waals surface area contributed by atoms with Crippen LogP contribution >= 0.6 is 0 Å². The lowest BCUT2D eigenvalue weighted by atomic mass is 10.2. The van der Waals surface area contributed by atoms with Gasteiger partial charge in [-0.2, -0.15) is 5.10 Å². The summed E-state index contributed by atoms with van der Waals surface area (Å²) in [6.45, 7) is 2.03. The van der Waals surface area contributed by atoms with Gasteiger partial charge in [-0.15, -0.1) is 0 Å². The molecule has 136 valence electrons. The number of H-pyrrole nitrogens is 1. The van der Waals surface area contributed by atoms with Gasteiger partial charge in [0, 0.05) is 42.8 Å². The first-order chi connectivity index (χ1) is 12.6. The van der Waals surface area contributed by atoms with E-state index in [0.29, 0.717) is 24.6 Å². The maximum atomic E-state index is 12.0. The van der Waals surface area contributed by atoms with Gasteiger partial charge in [-0.05, 0) is 19.1 Å². The molecule has 0 spiro atoms. The van der Waals surface area contributed by atoms with Crippen molar-refractivity contribution in [2.45, 2.75) is 25.9 Å². The summed E-state index contributed by atoms with van der Waals surface area (Å²) in [5, 5.41) is 16.7. The van der Waals surface area contributed by atoms with E-state index in [-0.39, 0.29) is 18.4 Å². The van der Waals surface area contributed by atoms with E-state index >= 15 is 0 Å². The quantitative estimate of drug-likeness (QED) is 0.560. The maximum Gasteiger partial charge on any atom is 0.290 e. The number of carboxylic acid groups (broad SMARTS) is 1. The minimum atomic E-state index is -0.250. The van der Waals surface area contributed by atoms with Crippen LogP contribution in [0.5, 0.6) is 0 Å². The summed E-state index contributed by atoms with van der Waals surface area (Å²) in [4.78, 5) is 32.6. The molecule has 3 aromatic heterocycles. The smallest absolute Gasteiger partial charge is 0.290 e. The van der Waals surface area contributed by atoms with E-state index in [4.69, 9.17) is 9.90 Å². The van der Waals surface area contributed by atoms with Crippen LogP contribution in [-0.4, -0.2) is 47.2 Å². The van der Waals surface area contributed by atoms with Gasteiger partial charge in [-0.1, -0.05) is 0 Å². The molecule has 10 heteroatoms. The molecule has 1 atom stereocenters. The first kappa shape index (κ1) is 18.8. The van der Waals surface area contributed by atoms with Gasteiger partial charge in [-0.25, -0.2) is 9.97 Å². The highest BCUT2D eigenvalue weighted by Gasteiger charge is 2.11. The zero-order chi connectivity index (χ0) is 18.8. The van der Waals surface area contributed by atoms with Gasteiger partial charge in [0.2, 0.25) is 5.91 Å². The van der Waals surface area contributed by atoms with Crippen molar-refractivity contribution in [1.82, 2.24) is 35.0 Å². The molecule has 10 nitrogen and oxygen atoms in total. The van der Waals surface area contributed by atoms with E-state index in [9.17, 15) is 4.79 Å². The second-order valence-electron chi connectivity index (χ2n) is 5.29. The summed E-state index contributed by atoms with van der Waals surface area (Å²) in [5.74, 6) is 1.15. The highest BCUT2D eigenvalue weighted by molar-refractivity contribution is 5.76. The lowest BCUT2D eigenvalue weighted by Crippen LogP contribution is -2.25. The molecule has 1 unspecified atom stereocenters. The summed E-state index contributed by atoms with van der Waals surface area (Å²) in [6.07, 6.45) is 8.99. The van der Waals surface area contributed by atoms with Crippen LogP contribution < -0.4 is 5.32 Å². The first-order valence-corrected chi connectivity index (χ1v) is 7.77. The van der Waals surface area contributed by atoms with Crippen LogP contribution in [0.25, 0.3) is 11.4 Å². The fourth-order valence-corrected chi connectivity index (χ4v) is 2.16. The molecule has 1 amide bonds. The molecule has 0 aliphatic rings. The lowest BCUT2D eigenvalue weighted by molar-refractivity contribution is -0.123. The summed E-state index contributed by atoms with van der Waals surface area (Å²) < 4.78 is 1.90. The molecule has 0 saturated carbocycles. The number of carbonyl (C=O) groups excluding carboxylic acids is 1. The Morgan fingerprint density at radius 1 is 1.35 bits per heavy atom. The van der Waals surface area contributed by atoms with Crippen LogP contribution in [0.2, 0.25) is 0 Å². The minimum absolute atomic E-state index is 0.0481. The number of imidazole rings is 1. The fourth-order valence-electron chi connectivity index (χ4n) is 2.16. The molecular formula is C16H19N7O3. The Bertz CT molecular complexity index is 802. The van der Waals surface area contributed by atoms with Crippen LogP contribution in [0, 0.1) is 0 Å². The minimum Gasteiger partial charge on any atom is -0.483 e. The number of aromatic amines is 1. The first-order valence-electron chi connectivity index (χ1n) is 7.77. The number of nitrogens with one attached hydrogen (secondary N) is 2. The molecule has 0 aromatic carbocycles. The average Bonchev–Trinajstić information content (AvgIpc) is 3.33. The molecule has 0 bridgehead atoms. The Hall–Kier alpha value is -3.56. The highest BCUT2D eigenvalue weighted by Crippen LogP contribution is 2.12. The van der Waals surface area contributed by atoms with Crippen LogP contribution in [0.4, 0.5) is 0 Å². The number of hydrogen-bond donors (Lipinski definition) is 3. The topological polar surface area (TPSA) is 139 Å². The molecule has 26 heavy (non-hydrogen) atoms. The van der Waals surface area contributed by atoms with Crippen molar-refractivity contribution in [3.63, 3.8) is 0 Å². The molecule has 0 aliphatic carbocycles. The summed E-state index contributed by atoms with van der Waals surface area (Å²) >= 11 is 0. The zero-order valence-corrected chi connectivity index (χ0v) is 14.1. The SMILES string of the molecule is CC(CC(=O)NCc1nc(-c2ccncc2)n[nH]1)n1ccnc1.O=CO. The second kappa shape index (κ2) is 9.67. The van der Waals surface area contributed by atoms with Crippen LogP contribution in [-0.2, 0) is 16.1 Å². The van der Waals surface area contributed by atoms with E-state index < -0.39 is 0 Å². The maximum absolute atomic E-state index is 12.0. The van der Waals surface area contributed by atoms with Crippen LogP contribution in [0.15, 0.2) is 43.2 Å². The predicted molar refractivity (Wildman–Crippen MR) is 91.7 cm³/mol. The number of hydrogen-bond acceptors (Lipinski definition) is 6. The van der Waals surface area contributed by atoms with Crippen molar-refractivity contribution < 1.29 is 14.7 Å². The predicted octanol–water partition coefficient (Wildman–Crippen LogP) is 1.03. The molecule has 3 heterocycles. The van der Waals surface area contributed by atoms with Gasteiger partial charge in [0.15, 0.2) is 5.82 Å². The van der Waals surface area contributed by atoms with Gasteiger partial charge in [-0.3, -0.25) is 19.7 Å². The van der Waals surface area contributed by atoms with Crippen molar-refractivity contribution in [3.05, 3.63) is 49.1 Å². The summed E-state index contributed by atoms with van der Waals surface area (Å²) in [5.41, 5.74) is 0.877. The van der Waals surface area contributed by atoms with Crippen molar-refractivity contribution in [2.24, 2.45) is 0 Å². The van der Waals surface area contributed by atoms with Gasteiger partial charge in [0.1, 0.15) is 5.82 Å². The van der Waals surface area contributed by atoms with E-state index in [1.54, 1.807) is 24.9 Å². The Kier molecular flexibility index (Phi) is 6.98. The van der Waals surface area contributed by atoms with E-state index in [1.165, 1.54) is 0 Å². The summed E-state index contributed by atoms with van der Waals surface area (Å²) in [6, 6.07) is 3.72. The third-order valence-corrected chi connectivity index (χ3v) is 3.44. The number of amides is 1. The fraction of sp³-hybridized carbons (Fsp3) is 0.250.